The molecule has 3 heterocycles. The highest BCUT2D eigenvalue weighted by atomic mass is 35.5. The van der Waals surface area contributed by atoms with Gasteiger partial charge in [-0.25, -0.2) is 14.8 Å². The molecule has 0 aliphatic carbocycles. The van der Waals surface area contributed by atoms with Crippen LogP contribution >= 0.6 is 22.9 Å². The second-order valence-electron chi connectivity index (χ2n) is 6.75. The lowest BCUT2D eigenvalue weighted by molar-refractivity contribution is 0.563. The quantitative estimate of drug-likeness (QED) is 0.189. The highest BCUT2D eigenvalue weighted by molar-refractivity contribution is 7.11. The number of thiazole rings is 1. The molecule has 0 aliphatic heterocycles. The number of nitrogens with zero attached hydrogens (tertiary/aromatic N) is 3. The van der Waals surface area contributed by atoms with E-state index in [1.807, 2.05) is 48.5 Å². The second kappa shape index (κ2) is 7.80. The van der Waals surface area contributed by atoms with Gasteiger partial charge in [0.15, 0.2) is 0 Å². The van der Waals surface area contributed by atoms with Gasteiger partial charge in [0.2, 0.25) is 0 Å². The number of fused-ring (bicyclic) bond motifs is 2. The third kappa shape index (κ3) is 3.61. The van der Waals surface area contributed by atoms with E-state index in [-0.39, 0.29) is 0 Å². The van der Waals surface area contributed by atoms with Crippen molar-refractivity contribution in [3.8, 4) is 17.3 Å². The zero-order chi connectivity index (χ0) is 21.4. The van der Waals surface area contributed by atoms with Gasteiger partial charge in [-0.3, -0.25) is 0 Å². The van der Waals surface area contributed by atoms with Gasteiger partial charge in [0, 0.05) is 21.7 Å². The Kier molecular flexibility index (Phi) is 4.83. The number of halogens is 1. The fourth-order valence-electron chi connectivity index (χ4n) is 3.27. The summed E-state index contributed by atoms with van der Waals surface area (Å²) in [6.07, 6.45) is 1.66. The molecule has 2 aromatic carbocycles. The predicted octanol–water partition coefficient (Wildman–Crippen LogP) is 6.18. The molecule has 0 unspecified atom stereocenters. The summed E-state index contributed by atoms with van der Waals surface area (Å²) in [5.41, 5.74) is 2.59. The Balaban J connectivity index is 1.57. The molecule has 0 atom stereocenters. The van der Waals surface area contributed by atoms with Gasteiger partial charge in [-0.1, -0.05) is 48.0 Å². The molecular formula is C24H12ClN3O2S. The highest BCUT2D eigenvalue weighted by Crippen LogP contribution is 2.29. The Morgan fingerprint density at radius 1 is 1.06 bits per heavy atom. The number of allylic oxidation sites excluding steroid dienone is 1. The van der Waals surface area contributed by atoms with Crippen molar-refractivity contribution in [2.24, 2.45) is 0 Å². The van der Waals surface area contributed by atoms with E-state index in [4.69, 9.17) is 16.0 Å². The van der Waals surface area contributed by atoms with Gasteiger partial charge in [-0.2, -0.15) is 5.26 Å². The van der Waals surface area contributed by atoms with E-state index < -0.39 is 5.63 Å². The minimum atomic E-state index is -0.472. The molecule has 5 nitrogen and oxygen atoms in total. The maximum atomic E-state index is 12.4. The Bertz CT molecular complexity index is 1590. The molecule has 0 fully saturated rings. The number of benzene rings is 2. The zero-order valence-corrected chi connectivity index (χ0v) is 17.4. The first-order valence-electron chi connectivity index (χ1n) is 9.28. The van der Waals surface area contributed by atoms with Crippen molar-refractivity contribution < 1.29 is 4.42 Å². The third-order valence-electron chi connectivity index (χ3n) is 4.78. The largest absolute Gasteiger partial charge is 0.422 e. The molecule has 7 heteroatoms. The van der Waals surface area contributed by atoms with Gasteiger partial charge >= 0.3 is 5.63 Å². The molecule has 0 saturated heterocycles. The fourth-order valence-corrected chi connectivity index (χ4v) is 4.25. The average molecular weight is 442 g/mol. The van der Waals surface area contributed by atoms with E-state index in [0.29, 0.717) is 38.1 Å². The average Bonchev–Trinajstić information content (AvgIpc) is 3.27. The lowest BCUT2D eigenvalue weighted by Crippen LogP contribution is -2.02. The van der Waals surface area contributed by atoms with Crippen LogP contribution in [0, 0.1) is 11.3 Å². The van der Waals surface area contributed by atoms with Gasteiger partial charge in [0.1, 0.15) is 21.8 Å². The molecule has 5 aromatic rings. The summed E-state index contributed by atoms with van der Waals surface area (Å²) in [6, 6.07) is 20.7. The van der Waals surface area contributed by atoms with E-state index in [0.717, 1.165) is 16.3 Å². The molecular weight excluding hydrogens is 430 g/mol. The summed E-state index contributed by atoms with van der Waals surface area (Å²) < 4.78 is 5.40. The SMILES string of the molecule is N#CC(=Cc1cc2ccccc2nc1Cl)c1nc(-c2cc3ccccc3oc2=O)cs1. The first-order chi connectivity index (χ1) is 15.1. The Labute approximate surface area is 185 Å². The summed E-state index contributed by atoms with van der Waals surface area (Å²) in [7, 11) is 0. The van der Waals surface area contributed by atoms with Crippen LogP contribution in [0.4, 0.5) is 0 Å². The van der Waals surface area contributed by atoms with Crippen molar-refractivity contribution in [2.45, 2.75) is 0 Å². The van der Waals surface area contributed by atoms with E-state index in [2.05, 4.69) is 16.0 Å². The smallest absolute Gasteiger partial charge is 0.345 e. The summed E-state index contributed by atoms with van der Waals surface area (Å²) in [5, 5.41) is 14.0. The topological polar surface area (TPSA) is 79.8 Å². The molecule has 0 amide bonds. The molecule has 31 heavy (non-hydrogen) atoms. The Morgan fingerprint density at radius 3 is 2.68 bits per heavy atom. The van der Waals surface area contributed by atoms with Crippen molar-refractivity contribution in [3.63, 3.8) is 0 Å². The molecule has 3 aromatic heterocycles. The predicted molar refractivity (Wildman–Crippen MR) is 124 cm³/mol. The number of aromatic nitrogens is 2. The van der Waals surface area contributed by atoms with Crippen molar-refractivity contribution in [2.75, 3.05) is 0 Å². The van der Waals surface area contributed by atoms with Crippen LogP contribution in [0.15, 0.2) is 75.3 Å². The normalized spacial score (nSPS) is 11.7. The Hall–Kier alpha value is -3.79. The lowest BCUT2D eigenvalue weighted by atomic mass is 10.1. The van der Waals surface area contributed by atoms with Crippen LogP contribution in [0.5, 0.6) is 0 Å². The van der Waals surface area contributed by atoms with Gasteiger partial charge in [-0.05, 0) is 30.3 Å². The number of para-hydroxylation sites is 2. The van der Waals surface area contributed by atoms with E-state index >= 15 is 0 Å². The van der Waals surface area contributed by atoms with Crippen molar-refractivity contribution in [3.05, 3.63) is 92.2 Å². The van der Waals surface area contributed by atoms with E-state index in [1.165, 1.54) is 11.3 Å². The van der Waals surface area contributed by atoms with Crippen LogP contribution in [0.3, 0.4) is 0 Å². The van der Waals surface area contributed by atoms with Crippen LogP contribution in [-0.2, 0) is 0 Å². The van der Waals surface area contributed by atoms with Gasteiger partial charge in [0.25, 0.3) is 0 Å². The number of hydrogen-bond donors (Lipinski definition) is 0. The first-order valence-corrected chi connectivity index (χ1v) is 10.5. The monoisotopic (exact) mass is 441 g/mol. The fraction of sp³-hybridized carbons (Fsp3) is 0. The standard InChI is InChI=1S/C24H12ClN3O2S/c25-22-16(9-14-5-1-3-7-19(14)27-22)10-17(12-26)23-28-20(13-31-23)18-11-15-6-2-4-8-21(15)30-24(18)29/h1-11,13H. The van der Waals surface area contributed by atoms with Crippen molar-refractivity contribution >= 4 is 56.5 Å². The lowest BCUT2D eigenvalue weighted by Gasteiger charge is -2.02. The number of nitriles is 1. The number of rotatable bonds is 3. The zero-order valence-electron chi connectivity index (χ0n) is 15.9. The van der Waals surface area contributed by atoms with E-state index in [1.54, 1.807) is 23.6 Å². The van der Waals surface area contributed by atoms with Gasteiger partial charge < -0.3 is 4.42 Å². The molecule has 0 bridgehead atoms. The molecule has 0 aliphatic rings. The van der Waals surface area contributed by atoms with Crippen LogP contribution in [-0.4, -0.2) is 9.97 Å². The molecule has 5 rings (SSSR count). The summed E-state index contributed by atoms with van der Waals surface area (Å²) in [6.45, 7) is 0. The number of pyridine rings is 1. The van der Waals surface area contributed by atoms with Crippen LogP contribution in [0.2, 0.25) is 5.15 Å². The van der Waals surface area contributed by atoms with Crippen LogP contribution in [0.1, 0.15) is 10.6 Å². The molecule has 148 valence electrons. The number of hydrogen-bond acceptors (Lipinski definition) is 6. The molecule has 0 saturated carbocycles. The van der Waals surface area contributed by atoms with Crippen molar-refractivity contribution in [1.82, 2.24) is 9.97 Å². The highest BCUT2D eigenvalue weighted by Gasteiger charge is 2.14. The van der Waals surface area contributed by atoms with Gasteiger partial charge in [-0.15, -0.1) is 11.3 Å². The Morgan fingerprint density at radius 2 is 1.84 bits per heavy atom. The van der Waals surface area contributed by atoms with Gasteiger partial charge in [0.05, 0.1) is 22.3 Å². The summed E-state index contributed by atoms with van der Waals surface area (Å²) in [5.74, 6) is 0. The third-order valence-corrected chi connectivity index (χ3v) is 5.96. The van der Waals surface area contributed by atoms with E-state index in [9.17, 15) is 10.1 Å². The first kappa shape index (κ1) is 19.2. The second-order valence-corrected chi connectivity index (χ2v) is 7.97. The maximum absolute atomic E-state index is 12.4. The van der Waals surface area contributed by atoms with Crippen LogP contribution in [0.25, 0.3) is 44.8 Å². The minimum absolute atomic E-state index is 0.304. The molecule has 0 radical (unpaired) electrons. The van der Waals surface area contributed by atoms with Crippen LogP contribution < -0.4 is 5.63 Å². The minimum Gasteiger partial charge on any atom is -0.422 e. The van der Waals surface area contributed by atoms with Crippen molar-refractivity contribution in [1.29, 1.82) is 5.26 Å². The molecule has 0 N–H and O–H groups in total. The maximum Gasteiger partial charge on any atom is 0.345 e. The molecule has 0 spiro atoms. The summed E-state index contributed by atoms with van der Waals surface area (Å²) >= 11 is 7.61. The summed E-state index contributed by atoms with van der Waals surface area (Å²) in [4.78, 5) is 21.3.